The van der Waals surface area contributed by atoms with E-state index in [0.717, 1.165) is 24.8 Å². The summed E-state index contributed by atoms with van der Waals surface area (Å²) in [6.07, 6.45) is 2.36. The van der Waals surface area contributed by atoms with Gasteiger partial charge in [-0.05, 0) is 24.1 Å². The van der Waals surface area contributed by atoms with Crippen LogP contribution in [0.5, 0.6) is 0 Å². The summed E-state index contributed by atoms with van der Waals surface area (Å²) in [6, 6.07) is 6.17. The van der Waals surface area contributed by atoms with Gasteiger partial charge in [-0.1, -0.05) is 33.3 Å². The van der Waals surface area contributed by atoms with Crippen molar-refractivity contribution in [1.82, 2.24) is 0 Å². The molecule has 0 radical (unpaired) electrons. The molecule has 1 aliphatic rings. The predicted octanol–water partition coefficient (Wildman–Crippen LogP) is 3.95. The molecule has 0 saturated carbocycles. The number of non-ortho nitro benzene ring substituents is 1. The van der Waals surface area contributed by atoms with Gasteiger partial charge in [-0.25, -0.2) is 4.79 Å². The van der Waals surface area contributed by atoms with Gasteiger partial charge in [0.1, 0.15) is 6.10 Å². The van der Waals surface area contributed by atoms with E-state index in [1.54, 1.807) is 12.1 Å². The Balaban J connectivity index is 2.33. The zero-order chi connectivity index (χ0) is 15.6. The van der Waals surface area contributed by atoms with Crippen molar-refractivity contribution in [3.8, 4) is 0 Å². The van der Waals surface area contributed by atoms with E-state index in [9.17, 15) is 14.9 Å². The first-order valence-corrected chi connectivity index (χ1v) is 7.05. The zero-order valence-corrected chi connectivity index (χ0v) is 12.3. The third-order valence-corrected chi connectivity index (χ3v) is 4.20. The third kappa shape index (κ3) is 2.68. The smallest absolute Gasteiger partial charge is 0.334 e. The van der Waals surface area contributed by atoms with Crippen LogP contribution in [0.2, 0.25) is 0 Å². The van der Waals surface area contributed by atoms with Gasteiger partial charge in [0.25, 0.3) is 5.69 Å². The molecule has 1 saturated heterocycles. The summed E-state index contributed by atoms with van der Waals surface area (Å²) < 4.78 is 5.46. The molecule has 1 heterocycles. The van der Waals surface area contributed by atoms with Crippen LogP contribution in [0.3, 0.4) is 0 Å². The van der Waals surface area contributed by atoms with Crippen molar-refractivity contribution in [2.24, 2.45) is 5.41 Å². The lowest BCUT2D eigenvalue weighted by atomic mass is 9.73. The molecule has 0 aliphatic carbocycles. The molecule has 0 amide bonds. The molecule has 5 heteroatoms. The van der Waals surface area contributed by atoms with Gasteiger partial charge in [-0.3, -0.25) is 10.1 Å². The summed E-state index contributed by atoms with van der Waals surface area (Å²) in [5.41, 5.74) is 0.825. The maximum absolute atomic E-state index is 11.9. The lowest BCUT2D eigenvalue weighted by Crippen LogP contribution is -2.22. The Kier molecular flexibility index (Phi) is 4.11. The lowest BCUT2D eigenvalue weighted by Gasteiger charge is -2.29. The number of nitro benzene ring substituents is 1. The molecule has 1 aromatic carbocycles. The van der Waals surface area contributed by atoms with Crippen LogP contribution in [-0.2, 0) is 9.53 Å². The Morgan fingerprint density at radius 3 is 2.52 bits per heavy atom. The van der Waals surface area contributed by atoms with Gasteiger partial charge in [0, 0.05) is 23.1 Å². The molecule has 5 nitrogen and oxygen atoms in total. The molecule has 0 bridgehead atoms. The molecule has 1 fully saturated rings. The molecule has 1 aromatic rings. The van der Waals surface area contributed by atoms with Crippen LogP contribution in [0.25, 0.3) is 0 Å². The van der Waals surface area contributed by atoms with Crippen LogP contribution in [0.4, 0.5) is 5.69 Å². The molecule has 1 aliphatic heterocycles. The first-order valence-electron chi connectivity index (χ1n) is 7.05. The SMILES string of the molecule is C=C1C(=O)O[C@H](c2ccc([N+](=O)[O-])cc2)[C@@]1(C)CCCC. The van der Waals surface area contributed by atoms with Gasteiger partial charge in [0.15, 0.2) is 0 Å². The molecule has 0 spiro atoms. The van der Waals surface area contributed by atoms with Crippen LogP contribution in [0.1, 0.15) is 44.8 Å². The summed E-state index contributed by atoms with van der Waals surface area (Å²) in [4.78, 5) is 22.1. The summed E-state index contributed by atoms with van der Waals surface area (Å²) in [7, 11) is 0. The highest BCUT2D eigenvalue weighted by molar-refractivity contribution is 5.92. The summed E-state index contributed by atoms with van der Waals surface area (Å²) in [5.74, 6) is -0.378. The van der Waals surface area contributed by atoms with Crippen molar-refractivity contribution >= 4 is 11.7 Å². The second-order valence-corrected chi connectivity index (χ2v) is 5.63. The normalized spacial score (nSPS) is 25.0. The van der Waals surface area contributed by atoms with Crippen molar-refractivity contribution in [2.45, 2.75) is 39.2 Å². The molecular formula is C16H19NO4. The van der Waals surface area contributed by atoms with Crippen molar-refractivity contribution in [3.05, 3.63) is 52.1 Å². The second-order valence-electron chi connectivity index (χ2n) is 5.63. The van der Waals surface area contributed by atoms with Gasteiger partial charge in [-0.2, -0.15) is 0 Å². The number of carbonyl (C=O) groups excluding carboxylic acids is 1. The minimum absolute atomic E-state index is 0.0251. The predicted molar refractivity (Wildman–Crippen MR) is 78.7 cm³/mol. The number of benzene rings is 1. The van der Waals surface area contributed by atoms with Crippen LogP contribution >= 0.6 is 0 Å². The largest absolute Gasteiger partial charge is 0.453 e. The van der Waals surface area contributed by atoms with E-state index in [2.05, 4.69) is 13.5 Å². The fourth-order valence-electron chi connectivity index (χ4n) is 2.73. The topological polar surface area (TPSA) is 69.4 Å². The average Bonchev–Trinajstić information content (AvgIpc) is 2.70. The van der Waals surface area contributed by atoms with Crippen LogP contribution in [-0.4, -0.2) is 10.9 Å². The van der Waals surface area contributed by atoms with Crippen molar-refractivity contribution in [3.63, 3.8) is 0 Å². The molecule has 0 aromatic heterocycles. The monoisotopic (exact) mass is 289 g/mol. The molecular weight excluding hydrogens is 270 g/mol. The number of carbonyl (C=O) groups is 1. The van der Waals surface area contributed by atoms with Crippen LogP contribution in [0, 0.1) is 15.5 Å². The van der Waals surface area contributed by atoms with E-state index < -0.39 is 16.4 Å². The van der Waals surface area contributed by atoms with Gasteiger partial charge >= 0.3 is 5.97 Å². The Hall–Kier alpha value is -2.17. The summed E-state index contributed by atoms with van der Waals surface area (Å²) in [5, 5.41) is 10.7. The molecule has 0 N–H and O–H groups in total. The van der Waals surface area contributed by atoms with Gasteiger partial charge in [0.2, 0.25) is 0 Å². The number of nitrogens with zero attached hydrogens (tertiary/aromatic N) is 1. The van der Waals surface area contributed by atoms with E-state index in [1.165, 1.54) is 12.1 Å². The number of cyclic esters (lactones) is 1. The van der Waals surface area contributed by atoms with E-state index in [4.69, 9.17) is 4.74 Å². The maximum Gasteiger partial charge on any atom is 0.334 e. The van der Waals surface area contributed by atoms with E-state index in [1.807, 2.05) is 6.92 Å². The Bertz CT molecular complexity index is 578. The summed E-state index contributed by atoms with van der Waals surface area (Å²) >= 11 is 0. The molecule has 2 atom stereocenters. The number of nitro groups is 1. The molecule has 2 rings (SSSR count). The van der Waals surface area contributed by atoms with Gasteiger partial charge in [0.05, 0.1) is 4.92 Å². The maximum atomic E-state index is 11.9. The minimum atomic E-state index is -0.455. The standard InChI is InChI=1S/C16H19NO4/c1-4-5-10-16(3)11(2)15(18)21-14(16)12-6-8-13(9-7-12)17(19)20/h6-9,14H,2,4-5,10H2,1,3H3/t14-,16+/m1/s1. The lowest BCUT2D eigenvalue weighted by molar-refractivity contribution is -0.384. The number of hydrogen-bond acceptors (Lipinski definition) is 4. The quantitative estimate of drug-likeness (QED) is 0.356. The van der Waals surface area contributed by atoms with Crippen LogP contribution in [0.15, 0.2) is 36.4 Å². The number of unbranched alkanes of at least 4 members (excludes halogenated alkanes) is 1. The Morgan fingerprint density at radius 2 is 2.00 bits per heavy atom. The Labute approximate surface area is 123 Å². The molecule has 0 unspecified atom stereocenters. The van der Waals surface area contributed by atoms with E-state index >= 15 is 0 Å². The van der Waals surface area contributed by atoms with Gasteiger partial charge < -0.3 is 4.74 Å². The third-order valence-electron chi connectivity index (χ3n) is 4.20. The zero-order valence-electron chi connectivity index (χ0n) is 12.3. The van der Waals surface area contributed by atoms with Gasteiger partial charge in [-0.15, -0.1) is 0 Å². The number of esters is 1. The number of hydrogen-bond donors (Lipinski definition) is 0. The van der Waals surface area contributed by atoms with Crippen molar-refractivity contribution in [2.75, 3.05) is 0 Å². The fraction of sp³-hybridized carbons (Fsp3) is 0.438. The molecule has 21 heavy (non-hydrogen) atoms. The van der Waals surface area contributed by atoms with E-state index in [-0.39, 0.29) is 11.7 Å². The number of ether oxygens (including phenoxy) is 1. The average molecular weight is 289 g/mol. The van der Waals surface area contributed by atoms with Crippen LogP contribution < -0.4 is 0 Å². The second kappa shape index (κ2) is 5.68. The highest BCUT2D eigenvalue weighted by Gasteiger charge is 2.49. The highest BCUT2D eigenvalue weighted by atomic mass is 16.6. The highest BCUT2D eigenvalue weighted by Crippen LogP contribution is 2.51. The summed E-state index contributed by atoms with van der Waals surface area (Å²) in [6.45, 7) is 7.94. The minimum Gasteiger partial charge on any atom is -0.453 e. The van der Waals surface area contributed by atoms with Crippen molar-refractivity contribution < 1.29 is 14.5 Å². The molecule has 112 valence electrons. The fourth-order valence-corrected chi connectivity index (χ4v) is 2.73. The first-order chi connectivity index (χ1) is 9.90. The van der Waals surface area contributed by atoms with Crippen molar-refractivity contribution in [1.29, 1.82) is 0 Å². The number of rotatable bonds is 5. The van der Waals surface area contributed by atoms with E-state index in [0.29, 0.717) is 5.57 Å². The first kappa shape index (κ1) is 15.2. The Morgan fingerprint density at radius 1 is 1.38 bits per heavy atom.